The van der Waals surface area contributed by atoms with E-state index in [0.29, 0.717) is 44.3 Å². The predicted molar refractivity (Wildman–Crippen MR) is 136 cm³/mol. The van der Waals surface area contributed by atoms with E-state index in [1.807, 2.05) is 35.7 Å². The Hall–Kier alpha value is -4.40. The molecule has 178 valence electrons. The molecule has 0 bridgehead atoms. The highest BCUT2D eigenvalue weighted by Crippen LogP contribution is 2.38. The van der Waals surface area contributed by atoms with E-state index in [1.165, 1.54) is 22.7 Å². The summed E-state index contributed by atoms with van der Waals surface area (Å²) in [6.45, 7) is 0.277. The zero-order valence-electron chi connectivity index (χ0n) is 19.1. The lowest BCUT2D eigenvalue weighted by Gasteiger charge is -2.07. The van der Waals surface area contributed by atoms with Crippen molar-refractivity contribution >= 4 is 38.6 Å². The van der Waals surface area contributed by atoms with Gasteiger partial charge in [-0.15, -0.1) is 16.4 Å². The van der Waals surface area contributed by atoms with Crippen molar-refractivity contribution in [3.63, 3.8) is 0 Å². The smallest absolute Gasteiger partial charge is 0.294 e. The van der Waals surface area contributed by atoms with E-state index in [2.05, 4.69) is 21.1 Å². The number of ether oxygens (including phenoxy) is 3. The zero-order valence-corrected chi connectivity index (χ0v) is 20.7. The molecule has 9 nitrogen and oxygen atoms in total. The third-order valence-corrected chi connectivity index (χ3v) is 7.27. The molecule has 0 aliphatic heterocycles. The van der Waals surface area contributed by atoms with Gasteiger partial charge in [-0.25, -0.2) is 14.5 Å². The maximum Gasteiger partial charge on any atom is 0.294 e. The summed E-state index contributed by atoms with van der Waals surface area (Å²) in [6.07, 6.45) is 1.80. The Morgan fingerprint density at radius 3 is 2.69 bits per heavy atom. The van der Waals surface area contributed by atoms with Gasteiger partial charge in [0.1, 0.15) is 34.4 Å². The quantitative estimate of drug-likeness (QED) is 0.263. The molecule has 6 rings (SSSR count). The van der Waals surface area contributed by atoms with Crippen LogP contribution in [0.15, 0.2) is 58.5 Å². The number of furan rings is 1. The monoisotopic (exact) mass is 515 g/mol. The summed E-state index contributed by atoms with van der Waals surface area (Å²) < 4.78 is 24.6. The van der Waals surface area contributed by atoms with Crippen molar-refractivity contribution in [1.29, 1.82) is 5.26 Å². The summed E-state index contributed by atoms with van der Waals surface area (Å²) in [7, 11) is 3.18. The van der Waals surface area contributed by atoms with Crippen LogP contribution < -0.4 is 14.2 Å². The second-order valence-corrected chi connectivity index (χ2v) is 9.47. The molecular formula is C25H17N5O4S2. The van der Waals surface area contributed by atoms with Crippen molar-refractivity contribution in [3.05, 3.63) is 65.3 Å². The van der Waals surface area contributed by atoms with Crippen LogP contribution in [0, 0.1) is 11.3 Å². The summed E-state index contributed by atoms with van der Waals surface area (Å²) in [5.41, 5.74) is 3.66. The maximum atomic E-state index is 9.00. The molecule has 0 atom stereocenters. The Balaban J connectivity index is 1.27. The largest absolute Gasteiger partial charge is 0.496 e. The van der Waals surface area contributed by atoms with Crippen LogP contribution in [0.2, 0.25) is 0 Å². The van der Waals surface area contributed by atoms with Gasteiger partial charge in [0.2, 0.25) is 4.96 Å². The minimum atomic E-state index is 0.277. The van der Waals surface area contributed by atoms with E-state index in [9.17, 15) is 0 Å². The van der Waals surface area contributed by atoms with Crippen molar-refractivity contribution in [3.8, 4) is 44.8 Å². The lowest BCUT2D eigenvalue weighted by Crippen LogP contribution is -1.97. The molecule has 4 heterocycles. The minimum absolute atomic E-state index is 0.277. The van der Waals surface area contributed by atoms with Gasteiger partial charge in [-0.1, -0.05) is 12.1 Å². The SMILES string of the molecule is COc1cc(OCc2csc(-c3ccc(C#N)cc3)n2)c2cc(-c3cn4nc(OC)sc4n3)oc2c1. The first kappa shape index (κ1) is 22.1. The first-order valence-electron chi connectivity index (χ1n) is 10.7. The molecule has 0 radical (unpaired) electrons. The topological polar surface area (TPSA) is 108 Å². The number of hydrogen-bond donors (Lipinski definition) is 0. The fourth-order valence-corrected chi connectivity index (χ4v) is 5.18. The fraction of sp³-hybridized carbons (Fsp3) is 0.120. The van der Waals surface area contributed by atoms with Crippen LogP contribution in [0.4, 0.5) is 0 Å². The molecule has 36 heavy (non-hydrogen) atoms. The lowest BCUT2D eigenvalue weighted by molar-refractivity contribution is 0.303. The van der Waals surface area contributed by atoms with Crippen LogP contribution in [-0.2, 0) is 6.61 Å². The first-order chi connectivity index (χ1) is 17.6. The van der Waals surface area contributed by atoms with Gasteiger partial charge in [0.25, 0.3) is 5.19 Å². The molecule has 0 spiro atoms. The maximum absolute atomic E-state index is 9.00. The van der Waals surface area contributed by atoms with Gasteiger partial charge in [0, 0.05) is 23.1 Å². The van der Waals surface area contributed by atoms with Gasteiger partial charge < -0.3 is 18.6 Å². The highest BCUT2D eigenvalue weighted by Gasteiger charge is 2.17. The number of nitriles is 1. The summed E-state index contributed by atoms with van der Waals surface area (Å²) in [6, 6.07) is 15.0. The van der Waals surface area contributed by atoms with Gasteiger partial charge >= 0.3 is 0 Å². The summed E-state index contributed by atoms with van der Waals surface area (Å²) in [4.78, 5) is 9.99. The number of aromatic nitrogens is 4. The number of benzene rings is 2. The van der Waals surface area contributed by atoms with Gasteiger partial charge in [0.15, 0.2) is 5.76 Å². The Kier molecular flexibility index (Phi) is 5.52. The van der Waals surface area contributed by atoms with E-state index in [-0.39, 0.29) is 6.61 Å². The minimum Gasteiger partial charge on any atom is -0.496 e. The highest BCUT2D eigenvalue weighted by atomic mass is 32.1. The van der Waals surface area contributed by atoms with Crippen LogP contribution in [0.1, 0.15) is 11.3 Å². The normalized spacial score (nSPS) is 11.1. The third kappa shape index (κ3) is 4.02. The molecule has 0 saturated heterocycles. The second kappa shape index (κ2) is 8.99. The molecule has 4 aromatic heterocycles. The summed E-state index contributed by atoms with van der Waals surface area (Å²) >= 11 is 2.88. The van der Waals surface area contributed by atoms with Crippen molar-refractivity contribution in [1.82, 2.24) is 19.6 Å². The molecule has 0 fully saturated rings. The highest BCUT2D eigenvalue weighted by molar-refractivity contribution is 7.18. The summed E-state index contributed by atoms with van der Waals surface area (Å²) in [5, 5.41) is 17.5. The molecule has 11 heteroatoms. The van der Waals surface area contributed by atoms with Gasteiger partial charge in [-0.3, -0.25) is 0 Å². The van der Waals surface area contributed by atoms with Crippen molar-refractivity contribution < 1.29 is 18.6 Å². The van der Waals surface area contributed by atoms with Crippen LogP contribution in [0.25, 0.3) is 38.0 Å². The van der Waals surface area contributed by atoms with Crippen molar-refractivity contribution in [2.75, 3.05) is 14.2 Å². The average Bonchev–Trinajstić information content (AvgIpc) is 3.69. The van der Waals surface area contributed by atoms with Gasteiger partial charge in [-0.2, -0.15) is 5.26 Å². The van der Waals surface area contributed by atoms with Gasteiger partial charge in [0.05, 0.1) is 43.1 Å². The molecular weight excluding hydrogens is 498 g/mol. The number of thiazole rings is 1. The van der Waals surface area contributed by atoms with Crippen LogP contribution in [-0.4, -0.2) is 33.8 Å². The number of methoxy groups -OCH3 is 2. The van der Waals surface area contributed by atoms with Crippen molar-refractivity contribution in [2.45, 2.75) is 6.61 Å². The van der Waals surface area contributed by atoms with Gasteiger partial charge in [-0.05, 0) is 29.5 Å². The fourth-order valence-electron chi connectivity index (χ4n) is 3.67. The molecule has 6 aromatic rings. The van der Waals surface area contributed by atoms with Crippen LogP contribution >= 0.6 is 22.7 Å². The number of fused-ring (bicyclic) bond motifs is 2. The Morgan fingerprint density at radius 2 is 1.94 bits per heavy atom. The number of nitrogens with zero attached hydrogens (tertiary/aromatic N) is 5. The lowest BCUT2D eigenvalue weighted by atomic mass is 10.1. The van der Waals surface area contributed by atoms with E-state index in [0.717, 1.165) is 21.7 Å². The van der Waals surface area contributed by atoms with E-state index in [1.54, 1.807) is 37.1 Å². The average molecular weight is 516 g/mol. The first-order valence-corrected chi connectivity index (χ1v) is 12.4. The number of rotatable bonds is 7. The summed E-state index contributed by atoms with van der Waals surface area (Å²) in [5.74, 6) is 1.83. The van der Waals surface area contributed by atoms with E-state index >= 15 is 0 Å². The Bertz CT molecular complexity index is 1710. The van der Waals surface area contributed by atoms with E-state index in [4.69, 9.17) is 23.9 Å². The Morgan fingerprint density at radius 1 is 1.08 bits per heavy atom. The van der Waals surface area contributed by atoms with Crippen molar-refractivity contribution in [2.24, 2.45) is 0 Å². The molecule has 0 N–H and O–H groups in total. The molecule has 0 saturated carbocycles. The molecule has 2 aromatic carbocycles. The molecule has 0 amide bonds. The van der Waals surface area contributed by atoms with Crippen LogP contribution in [0.5, 0.6) is 16.7 Å². The zero-order chi connectivity index (χ0) is 24.6. The Labute approximate surface area is 212 Å². The van der Waals surface area contributed by atoms with Crippen LogP contribution in [0.3, 0.4) is 0 Å². The molecule has 0 unspecified atom stereocenters. The molecule has 0 aliphatic rings. The van der Waals surface area contributed by atoms with E-state index < -0.39 is 0 Å². The number of hydrogen-bond acceptors (Lipinski definition) is 10. The predicted octanol–water partition coefficient (Wildman–Crippen LogP) is 5.80. The second-order valence-electron chi connectivity index (χ2n) is 7.70. The third-order valence-electron chi connectivity index (χ3n) is 5.45. The molecule has 0 aliphatic carbocycles. The standard InChI is InChI=1S/C25H17N5O4S2/c1-31-17-7-20(33-12-16-13-35-23(27-16)15-5-3-14(10-26)4-6-15)18-9-22(34-21(18)8-17)19-11-30-24(28-19)36-25(29-30)32-2/h3-9,11,13H,12H2,1-2H3. The number of imidazole rings is 1.